The molecule has 0 fully saturated rings. The van der Waals surface area contributed by atoms with Crippen molar-refractivity contribution in [2.75, 3.05) is 17.7 Å². The zero-order chi connectivity index (χ0) is 11.2. The van der Waals surface area contributed by atoms with E-state index >= 15 is 0 Å². The molecule has 0 aliphatic rings. The van der Waals surface area contributed by atoms with E-state index in [0.717, 1.165) is 11.4 Å². The molecular formula is C13H14N2O. The molecule has 0 aliphatic heterocycles. The maximum absolute atomic E-state index is 5.26. The van der Waals surface area contributed by atoms with Crippen LogP contribution in [-0.4, -0.2) is 7.11 Å². The molecular weight excluding hydrogens is 200 g/mol. The molecule has 0 aromatic heterocycles. The summed E-state index contributed by atoms with van der Waals surface area (Å²) in [6, 6.07) is 19.7. The van der Waals surface area contributed by atoms with Gasteiger partial charge in [-0.05, 0) is 24.3 Å². The first-order valence-electron chi connectivity index (χ1n) is 5.11. The fraction of sp³-hybridized carbons (Fsp3) is 0.0769. The summed E-state index contributed by atoms with van der Waals surface area (Å²) in [6.45, 7) is 0. The molecule has 3 heteroatoms. The number of hydrogen-bond acceptors (Lipinski definition) is 3. The average molecular weight is 214 g/mol. The molecule has 0 atom stereocenters. The van der Waals surface area contributed by atoms with Gasteiger partial charge >= 0.3 is 0 Å². The normalized spacial score (nSPS) is 9.81. The summed E-state index contributed by atoms with van der Waals surface area (Å²) in [5.41, 5.74) is 5.09. The summed E-state index contributed by atoms with van der Waals surface area (Å²) >= 11 is 0. The topological polar surface area (TPSA) is 24.5 Å². The molecule has 0 unspecified atom stereocenters. The van der Waals surface area contributed by atoms with Gasteiger partial charge in [-0.1, -0.05) is 36.4 Å². The van der Waals surface area contributed by atoms with E-state index in [0.29, 0.717) is 0 Å². The third kappa shape index (κ3) is 2.52. The average Bonchev–Trinajstić information content (AvgIpc) is 2.38. The summed E-state index contributed by atoms with van der Waals surface area (Å²) in [4.78, 5) is 5.26. The molecule has 2 aromatic carbocycles. The van der Waals surface area contributed by atoms with Crippen LogP contribution in [0.1, 0.15) is 0 Å². The van der Waals surface area contributed by atoms with Gasteiger partial charge in [-0.2, -0.15) is 5.17 Å². The van der Waals surface area contributed by atoms with Gasteiger partial charge in [0.15, 0.2) is 0 Å². The minimum atomic E-state index is 0.953. The summed E-state index contributed by atoms with van der Waals surface area (Å²) in [5, 5.41) is 1.62. The van der Waals surface area contributed by atoms with Crippen molar-refractivity contribution in [3.05, 3.63) is 60.7 Å². The Kier molecular flexibility index (Phi) is 3.41. The largest absolute Gasteiger partial charge is 0.274 e. The van der Waals surface area contributed by atoms with Gasteiger partial charge < -0.3 is 0 Å². The number of nitrogens with zero attached hydrogens (tertiary/aromatic N) is 1. The number of hydrogen-bond donors (Lipinski definition) is 1. The molecule has 2 aromatic rings. The highest BCUT2D eigenvalue weighted by Gasteiger charge is 2.03. The Hall–Kier alpha value is -2.00. The Balaban J connectivity index is 2.13. The zero-order valence-electron chi connectivity index (χ0n) is 9.13. The van der Waals surface area contributed by atoms with Crippen molar-refractivity contribution in [1.82, 2.24) is 0 Å². The lowest BCUT2D eigenvalue weighted by atomic mass is 10.3. The highest BCUT2D eigenvalue weighted by atomic mass is 16.7. The number of hydrazine groups is 1. The predicted octanol–water partition coefficient (Wildman–Crippen LogP) is 3.08. The van der Waals surface area contributed by atoms with Crippen molar-refractivity contribution in [2.45, 2.75) is 0 Å². The van der Waals surface area contributed by atoms with E-state index in [-0.39, 0.29) is 0 Å². The zero-order valence-corrected chi connectivity index (χ0v) is 9.13. The van der Waals surface area contributed by atoms with Crippen LogP contribution in [0.15, 0.2) is 60.7 Å². The first-order valence-corrected chi connectivity index (χ1v) is 5.11. The van der Waals surface area contributed by atoms with E-state index in [2.05, 4.69) is 5.43 Å². The van der Waals surface area contributed by atoms with Gasteiger partial charge in [0.05, 0.1) is 18.5 Å². The fourth-order valence-corrected chi connectivity index (χ4v) is 1.41. The standard InChI is InChI=1S/C13H14N2O/c1-16-15(13-10-6-3-7-11-13)14-12-8-4-2-5-9-12/h2-11,14H,1H3. The summed E-state index contributed by atoms with van der Waals surface area (Å²) in [6.07, 6.45) is 0. The molecule has 16 heavy (non-hydrogen) atoms. The molecule has 0 saturated carbocycles. The molecule has 82 valence electrons. The van der Waals surface area contributed by atoms with Crippen molar-refractivity contribution in [1.29, 1.82) is 0 Å². The molecule has 1 N–H and O–H groups in total. The van der Waals surface area contributed by atoms with Gasteiger partial charge in [0, 0.05) is 0 Å². The molecule has 2 rings (SSSR count). The van der Waals surface area contributed by atoms with E-state index in [9.17, 15) is 0 Å². The van der Waals surface area contributed by atoms with Crippen LogP contribution in [0.5, 0.6) is 0 Å². The second-order valence-corrected chi connectivity index (χ2v) is 3.29. The number of para-hydroxylation sites is 2. The van der Waals surface area contributed by atoms with E-state index in [4.69, 9.17) is 4.84 Å². The highest BCUT2D eigenvalue weighted by Crippen LogP contribution is 2.15. The third-order valence-corrected chi connectivity index (χ3v) is 2.18. The fourth-order valence-electron chi connectivity index (χ4n) is 1.41. The lowest BCUT2D eigenvalue weighted by Crippen LogP contribution is -2.28. The second kappa shape index (κ2) is 5.19. The van der Waals surface area contributed by atoms with Crippen LogP contribution in [0.4, 0.5) is 11.4 Å². The number of nitrogens with one attached hydrogen (secondary N) is 1. The van der Waals surface area contributed by atoms with Crippen LogP contribution in [-0.2, 0) is 4.84 Å². The summed E-state index contributed by atoms with van der Waals surface area (Å²) < 4.78 is 0. The Morgan fingerprint density at radius 2 is 1.44 bits per heavy atom. The lowest BCUT2D eigenvalue weighted by molar-refractivity contribution is 0.183. The molecule has 0 bridgehead atoms. The number of rotatable bonds is 4. The Bertz CT molecular complexity index is 416. The van der Waals surface area contributed by atoms with E-state index in [1.807, 2.05) is 60.7 Å². The summed E-state index contributed by atoms with van der Waals surface area (Å²) in [7, 11) is 1.63. The van der Waals surface area contributed by atoms with Gasteiger partial charge in [-0.25, -0.2) is 0 Å². The minimum absolute atomic E-state index is 0.953. The highest BCUT2D eigenvalue weighted by molar-refractivity contribution is 5.52. The van der Waals surface area contributed by atoms with Crippen molar-refractivity contribution >= 4 is 11.4 Å². The Morgan fingerprint density at radius 3 is 2.00 bits per heavy atom. The Morgan fingerprint density at radius 1 is 0.875 bits per heavy atom. The monoisotopic (exact) mass is 214 g/mol. The van der Waals surface area contributed by atoms with Crippen molar-refractivity contribution < 1.29 is 4.84 Å². The number of benzene rings is 2. The van der Waals surface area contributed by atoms with Crippen LogP contribution in [0.3, 0.4) is 0 Å². The molecule has 0 saturated heterocycles. The van der Waals surface area contributed by atoms with Gasteiger partial charge in [-0.15, -0.1) is 0 Å². The molecule has 0 aliphatic carbocycles. The smallest absolute Gasteiger partial charge is 0.0878 e. The SMILES string of the molecule is CON(Nc1ccccc1)c1ccccc1. The second-order valence-electron chi connectivity index (χ2n) is 3.29. The number of anilines is 2. The van der Waals surface area contributed by atoms with Crippen LogP contribution < -0.4 is 10.6 Å². The van der Waals surface area contributed by atoms with E-state index in [1.54, 1.807) is 12.3 Å². The van der Waals surface area contributed by atoms with Crippen molar-refractivity contribution in [2.24, 2.45) is 0 Å². The van der Waals surface area contributed by atoms with Crippen molar-refractivity contribution in [3.63, 3.8) is 0 Å². The third-order valence-electron chi connectivity index (χ3n) is 2.18. The van der Waals surface area contributed by atoms with Crippen LogP contribution in [0.25, 0.3) is 0 Å². The van der Waals surface area contributed by atoms with Gasteiger partial charge in [-0.3, -0.25) is 10.3 Å². The maximum Gasteiger partial charge on any atom is 0.0878 e. The summed E-state index contributed by atoms with van der Waals surface area (Å²) in [5.74, 6) is 0. The van der Waals surface area contributed by atoms with E-state index < -0.39 is 0 Å². The first kappa shape index (κ1) is 10.5. The van der Waals surface area contributed by atoms with Gasteiger partial charge in [0.25, 0.3) is 0 Å². The molecule has 0 radical (unpaired) electrons. The first-order chi connectivity index (χ1) is 7.90. The molecule has 0 heterocycles. The maximum atomic E-state index is 5.26. The Labute approximate surface area is 95.2 Å². The van der Waals surface area contributed by atoms with Gasteiger partial charge in [0.2, 0.25) is 0 Å². The quantitative estimate of drug-likeness (QED) is 0.791. The van der Waals surface area contributed by atoms with E-state index in [1.165, 1.54) is 0 Å². The predicted molar refractivity (Wildman–Crippen MR) is 66.0 cm³/mol. The molecule has 0 spiro atoms. The van der Waals surface area contributed by atoms with Crippen molar-refractivity contribution in [3.8, 4) is 0 Å². The molecule has 3 nitrogen and oxygen atoms in total. The van der Waals surface area contributed by atoms with Crippen LogP contribution in [0, 0.1) is 0 Å². The molecule has 0 amide bonds. The lowest BCUT2D eigenvalue weighted by Gasteiger charge is -2.23. The van der Waals surface area contributed by atoms with Gasteiger partial charge in [0.1, 0.15) is 0 Å². The van der Waals surface area contributed by atoms with Crippen LogP contribution >= 0.6 is 0 Å². The van der Waals surface area contributed by atoms with Crippen LogP contribution in [0.2, 0.25) is 0 Å². The minimum Gasteiger partial charge on any atom is -0.274 e.